The van der Waals surface area contributed by atoms with E-state index in [-0.39, 0.29) is 30.0 Å². The SMILES string of the molecule is C=CC(=O)NCCCC[C@H](NC(=O)Cc1ccccc1OC)C(=O)N1CCN(C(=O)c2cccc3ccccc23)CC1. The summed E-state index contributed by atoms with van der Waals surface area (Å²) in [6, 6.07) is 20.1. The van der Waals surface area contributed by atoms with E-state index in [0.29, 0.717) is 63.3 Å². The molecule has 0 saturated carbocycles. The van der Waals surface area contributed by atoms with Gasteiger partial charge in [0.2, 0.25) is 17.7 Å². The predicted octanol–water partition coefficient (Wildman–Crippen LogP) is 3.33. The van der Waals surface area contributed by atoms with Crippen molar-refractivity contribution >= 4 is 34.4 Å². The molecule has 9 heteroatoms. The predicted molar refractivity (Wildman–Crippen MR) is 162 cm³/mol. The van der Waals surface area contributed by atoms with E-state index in [1.165, 1.54) is 6.08 Å². The normalized spacial score (nSPS) is 13.7. The fraction of sp³-hybridized carbons (Fsp3) is 0.333. The van der Waals surface area contributed by atoms with Crippen LogP contribution < -0.4 is 15.4 Å². The van der Waals surface area contributed by atoms with Crippen LogP contribution in [-0.4, -0.2) is 79.3 Å². The van der Waals surface area contributed by atoms with Crippen LogP contribution in [0.1, 0.15) is 35.2 Å². The largest absolute Gasteiger partial charge is 0.496 e. The van der Waals surface area contributed by atoms with E-state index < -0.39 is 6.04 Å². The average Bonchev–Trinajstić information content (AvgIpc) is 3.03. The number of methoxy groups -OCH3 is 1. The molecule has 0 bridgehead atoms. The lowest BCUT2D eigenvalue weighted by atomic mass is 10.0. The van der Waals surface area contributed by atoms with Crippen LogP contribution in [0, 0.1) is 0 Å². The van der Waals surface area contributed by atoms with Gasteiger partial charge in [0.05, 0.1) is 13.5 Å². The summed E-state index contributed by atoms with van der Waals surface area (Å²) in [4.78, 5) is 55.0. The first-order valence-electron chi connectivity index (χ1n) is 14.3. The Morgan fingerprint density at radius 2 is 1.60 bits per heavy atom. The molecule has 220 valence electrons. The molecule has 2 N–H and O–H groups in total. The highest BCUT2D eigenvalue weighted by Crippen LogP contribution is 2.21. The van der Waals surface area contributed by atoms with Gasteiger partial charge in [-0.15, -0.1) is 0 Å². The van der Waals surface area contributed by atoms with Crippen LogP contribution in [0.15, 0.2) is 79.4 Å². The molecule has 1 atom stereocenters. The van der Waals surface area contributed by atoms with E-state index in [1.54, 1.807) is 23.0 Å². The molecule has 42 heavy (non-hydrogen) atoms. The van der Waals surface area contributed by atoms with Crippen molar-refractivity contribution in [2.45, 2.75) is 31.7 Å². The first-order valence-corrected chi connectivity index (χ1v) is 14.3. The summed E-state index contributed by atoms with van der Waals surface area (Å²) in [6.45, 7) is 5.47. The highest BCUT2D eigenvalue weighted by atomic mass is 16.5. The fourth-order valence-corrected chi connectivity index (χ4v) is 5.21. The minimum Gasteiger partial charge on any atom is -0.496 e. The van der Waals surface area contributed by atoms with Gasteiger partial charge in [-0.2, -0.15) is 0 Å². The molecule has 3 aromatic carbocycles. The second-order valence-electron chi connectivity index (χ2n) is 10.2. The van der Waals surface area contributed by atoms with Crippen molar-refractivity contribution in [2.75, 3.05) is 39.8 Å². The Labute approximate surface area is 246 Å². The van der Waals surface area contributed by atoms with E-state index in [2.05, 4.69) is 17.2 Å². The van der Waals surface area contributed by atoms with Gasteiger partial charge < -0.3 is 25.2 Å². The fourth-order valence-electron chi connectivity index (χ4n) is 5.21. The van der Waals surface area contributed by atoms with Crippen LogP contribution in [-0.2, 0) is 20.8 Å². The molecule has 0 spiro atoms. The lowest BCUT2D eigenvalue weighted by Gasteiger charge is -2.36. The summed E-state index contributed by atoms with van der Waals surface area (Å²) in [5.41, 5.74) is 1.38. The summed E-state index contributed by atoms with van der Waals surface area (Å²) in [6.07, 6.45) is 3.00. The molecule has 1 aliphatic rings. The molecule has 1 fully saturated rings. The lowest BCUT2D eigenvalue weighted by Crippen LogP contribution is -2.56. The number of unbranched alkanes of at least 4 members (excludes halogenated alkanes) is 1. The number of piperazine rings is 1. The smallest absolute Gasteiger partial charge is 0.254 e. The van der Waals surface area contributed by atoms with E-state index >= 15 is 0 Å². The Kier molecular flexibility index (Phi) is 10.7. The van der Waals surface area contributed by atoms with Gasteiger partial charge in [0.25, 0.3) is 5.91 Å². The van der Waals surface area contributed by atoms with Crippen LogP contribution in [0.25, 0.3) is 10.8 Å². The van der Waals surface area contributed by atoms with Gasteiger partial charge in [0.1, 0.15) is 11.8 Å². The lowest BCUT2D eigenvalue weighted by molar-refractivity contribution is -0.137. The number of fused-ring (bicyclic) bond motifs is 1. The van der Waals surface area contributed by atoms with Crippen LogP contribution in [0.5, 0.6) is 5.75 Å². The van der Waals surface area contributed by atoms with Crippen LogP contribution in [0.4, 0.5) is 0 Å². The van der Waals surface area contributed by atoms with Crippen LogP contribution in [0.3, 0.4) is 0 Å². The van der Waals surface area contributed by atoms with E-state index in [9.17, 15) is 19.2 Å². The third kappa shape index (κ3) is 7.75. The highest BCUT2D eigenvalue weighted by Gasteiger charge is 2.30. The molecule has 0 aromatic heterocycles. The monoisotopic (exact) mass is 570 g/mol. The summed E-state index contributed by atoms with van der Waals surface area (Å²) in [7, 11) is 1.55. The van der Waals surface area contributed by atoms with Crippen molar-refractivity contribution < 1.29 is 23.9 Å². The van der Waals surface area contributed by atoms with Crippen molar-refractivity contribution in [3.63, 3.8) is 0 Å². The number of carbonyl (C=O) groups excluding carboxylic acids is 4. The second-order valence-corrected chi connectivity index (χ2v) is 10.2. The molecule has 4 amide bonds. The number of benzene rings is 3. The number of nitrogens with zero attached hydrogens (tertiary/aromatic N) is 2. The molecular formula is C33H38N4O5. The van der Waals surface area contributed by atoms with Gasteiger partial charge in [-0.1, -0.05) is 61.2 Å². The molecule has 9 nitrogen and oxygen atoms in total. The van der Waals surface area contributed by atoms with Crippen molar-refractivity contribution in [3.05, 3.63) is 90.5 Å². The standard InChI is InChI=1S/C33H38N4O5/c1-3-30(38)34-18-9-8-16-28(35-31(39)23-25-12-5-7-17-29(25)42-2)33(41)37-21-19-36(20-22-37)32(40)27-15-10-13-24-11-4-6-14-26(24)27/h3-7,10-15,17,28H,1,8-9,16,18-23H2,2H3,(H,34,38)(H,35,39)/t28-/m0/s1. The number of hydrogen-bond acceptors (Lipinski definition) is 5. The van der Waals surface area contributed by atoms with Gasteiger partial charge in [-0.3, -0.25) is 19.2 Å². The van der Waals surface area contributed by atoms with Crippen molar-refractivity contribution in [1.82, 2.24) is 20.4 Å². The third-order valence-electron chi connectivity index (χ3n) is 7.48. The zero-order valence-corrected chi connectivity index (χ0v) is 24.0. The zero-order valence-electron chi connectivity index (χ0n) is 24.0. The molecule has 3 aromatic rings. The first kappa shape index (κ1) is 30.3. The van der Waals surface area contributed by atoms with Gasteiger partial charge >= 0.3 is 0 Å². The minimum absolute atomic E-state index is 0.0536. The number of amides is 4. The topological polar surface area (TPSA) is 108 Å². The van der Waals surface area contributed by atoms with E-state index in [0.717, 1.165) is 16.3 Å². The van der Waals surface area contributed by atoms with Gasteiger partial charge in [-0.25, -0.2) is 0 Å². The molecule has 1 aliphatic heterocycles. The molecule has 0 aliphatic carbocycles. The molecular weight excluding hydrogens is 532 g/mol. The Balaban J connectivity index is 1.38. The quantitative estimate of drug-likeness (QED) is 0.257. The summed E-state index contributed by atoms with van der Waals surface area (Å²) >= 11 is 0. The molecule has 0 radical (unpaired) electrons. The Morgan fingerprint density at radius 1 is 0.905 bits per heavy atom. The summed E-state index contributed by atoms with van der Waals surface area (Å²) < 4.78 is 5.37. The first-order chi connectivity index (χ1) is 20.4. The van der Waals surface area contributed by atoms with Gasteiger partial charge in [-0.05, 0) is 48.2 Å². The Bertz CT molecular complexity index is 1430. The number of hydrogen-bond donors (Lipinski definition) is 2. The number of nitrogens with one attached hydrogen (secondary N) is 2. The van der Waals surface area contributed by atoms with Crippen LogP contribution in [0.2, 0.25) is 0 Å². The van der Waals surface area contributed by atoms with Crippen molar-refractivity contribution in [2.24, 2.45) is 0 Å². The molecule has 1 saturated heterocycles. The second kappa shape index (κ2) is 14.8. The Hall–Kier alpha value is -4.66. The minimum atomic E-state index is -0.720. The van der Waals surface area contributed by atoms with Crippen molar-refractivity contribution in [1.29, 1.82) is 0 Å². The maximum Gasteiger partial charge on any atom is 0.254 e. The van der Waals surface area contributed by atoms with Crippen LogP contribution >= 0.6 is 0 Å². The average molecular weight is 571 g/mol. The number of rotatable bonds is 12. The van der Waals surface area contributed by atoms with E-state index in [4.69, 9.17) is 4.74 Å². The van der Waals surface area contributed by atoms with Crippen molar-refractivity contribution in [3.8, 4) is 5.75 Å². The number of ether oxygens (including phenoxy) is 1. The Morgan fingerprint density at radius 3 is 2.36 bits per heavy atom. The third-order valence-corrected chi connectivity index (χ3v) is 7.48. The maximum atomic E-state index is 13.6. The molecule has 4 rings (SSSR count). The molecule has 1 heterocycles. The van der Waals surface area contributed by atoms with E-state index in [1.807, 2.05) is 60.7 Å². The van der Waals surface area contributed by atoms with Gasteiger partial charge in [0, 0.05) is 43.9 Å². The number of carbonyl (C=O) groups is 4. The zero-order chi connectivity index (χ0) is 29.9. The summed E-state index contributed by atoms with van der Waals surface area (Å²) in [5, 5.41) is 7.58. The maximum absolute atomic E-state index is 13.6. The van der Waals surface area contributed by atoms with Gasteiger partial charge in [0.15, 0.2) is 0 Å². The number of para-hydroxylation sites is 1. The summed E-state index contributed by atoms with van der Waals surface area (Å²) in [5.74, 6) is -0.135. The highest BCUT2D eigenvalue weighted by molar-refractivity contribution is 6.07. The molecule has 0 unspecified atom stereocenters.